The van der Waals surface area contributed by atoms with E-state index in [0.717, 1.165) is 0 Å². The summed E-state index contributed by atoms with van der Waals surface area (Å²) < 4.78 is 14.8. The highest BCUT2D eigenvalue weighted by Gasteiger charge is 2.09. The monoisotopic (exact) mass is 216 g/mol. The van der Waals surface area contributed by atoms with Gasteiger partial charge in [0.25, 0.3) is 5.56 Å². The molecule has 2 rings (SSSR count). The minimum absolute atomic E-state index is 0.0408. The molecule has 0 atom stereocenters. The van der Waals surface area contributed by atoms with Crippen LogP contribution in [0.3, 0.4) is 0 Å². The van der Waals surface area contributed by atoms with Crippen LogP contribution in [0.15, 0.2) is 29.1 Å². The van der Waals surface area contributed by atoms with Crippen molar-refractivity contribution in [1.82, 2.24) is 4.57 Å². The lowest BCUT2D eigenvalue weighted by atomic mass is 10.1. The highest BCUT2D eigenvalue weighted by Crippen LogP contribution is 2.16. The minimum atomic E-state index is -0.430. The predicted octanol–water partition coefficient (Wildman–Crippen LogP) is 1.74. The third-order valence-corrected chi connectivity index (χ3v) is 2.53. The van der Waals surface area contributed by atoms with Crippen molar-refractivity contribution in [2.75, 3.05) is 0 Å². The van der Waals surface area contributed by atoms with Crippen molar-refractivity contribution in [3.63, 3.8) is 0 Å². The highest BCUT2D eigenvalue weighted by atomic mass is 19.1. The van der Waals surface area contributed by atoms with Crippen molar-refractivity contribution in [2.45, 2.75) is 6.42 Å². The average Bonchev–Trinajstić information content (AvgIpc) is 2.25. The van der Waals surface area contributed by atoms with Gasteiger partial charge in [-0.2, -0.15) is 5.26 Å². The van der Waals surface area contributed by atoms with Gasteiger partial charge >= 0.3 is 0 Å². The minimum Gasteiger partial charge on any atom is -0.308 e. The first-order valence-corrected chi connectivity index (χ1v) is 4.79. The molecule has 16 heavy (non-hydrogen) atoms. The number of nitrogens with zero attached hydrogens (tertiary/aromatic N) is 2. The number of hydrogen-bond donors (Lipinski definition) is 0. The molecule has 0 amide bonds. The Kier molecular flexibility index (Phi) is 2.45. The Balaban J connectivity index is 2.90. The van der Waals surface area contributed by atoms with Gasteiger partial charge < -0.3 is 4.57 Å². The molecule has 0 fully saturated rings. The van der Waals surface area contributed by atoms with Crippen molar-refractivity contribution >= 4 is 10.9 Å². The van der Waals surface area contributed by atoms with Gasteiger partial charge in [-0.1, -0.05) is 12.1 Å². The zero-order valence-electron chi connectivity index (χ0n) is 8.70. The molecule has 0 saturated heterocycles. The zero-order valence-corrected chi connectivity index (χ0v) is 8.70. The van der Waals surface area contributed by atoms with Crippen LogP contribution in [0, 0.1) is 17.1 Å². The Morgan fingerprint density at radius 3 is 2.94 bits per heavy atom. The highest BCUT2D eigenvalue weighted by molar-refractivity contribution is 5.80. The predicted molar refractivity (Wildman–Crippen MR) is 58.5 cm³/mol. The number of halogens is 1. The fraction of sp³-hybridized carbons (Fsp3) is 0.167. The zero-order chi connectivity index (χ0) is 11.7. The third-order valence-electron chi connectivity index (χ3n) is 2.53. The Labute approximate surface area is 91.4 Å². The molecule has 0 aliphatic rings. The molecule has 1 aromatic carbocycles. The Hall–Kier alpha value is -2.15. The van der Waals surface area contributed by atoms with Crippen molar-refractivity contribution in [2.24, 2.45) is 7.05 Å². The van der Waals surface area contributed by atoms with Crippen LogP contribution >= 0.6 is 0 Å². The van der Waals surface area contributed by atoms with E-state index in [2.05, 4.69) is 0 Å². The lowest BCUT2D eigenvalue weighted by molar-refractivity contribution is 0.629. The van der Waals surface area contributed by atoms with Crippen molar-refractivity contribution in [1.29, 1.82) is 5.26 Å². The molecule has 4 heteroatoms. The summed E-state index contributed by atoms with van der Waals surface area (Å²) in [6.07, 6.45) is 0.0408. The number of aromatic nitrogens is 1. The van der Waals surface area contributed by atoms with E-state index in [9.17, 15) is 9.18 Å². The van der Waals surface area contributed by atoms with Gasteiger partial charge in [-0.15, -0.1) is 0 Å². The summed E-state index contributed by atoms with van der Waals surface area (Å²) >= 11 is 0. The van der Waals surface area contributed by atoms with Crippen LogP contribution in [0.2, 0.25) is 0 Å². The molecule has 0 radical (unpaired) electrons. The van der Waals surface area contributed by atoms with E-state index in [1.54, 1.807) is 18.2 Å². The molecule has 80 valence electrons. The lowest BCUT2D eigenvalue weighted by Gasteiger charge is -2.07. The molecule has 0 aliphatic heterocycles. The van der Waals surface area contributed by atoms with Crippen LogP contribution in [0.5, 0.6) is 0 Å². The van der Waals surface area contributed by atoms with E-state index >= 15 is 0 Å². The van der Waals surface area contributed by atoms with Gasteiger partial charge in [-0.25, -0.2) is 4.39 Å². The molecule has 3 nitrogen and oxygen atoms in total. The third kappa shape index (κ3) is 1.47. The number of pyridine rings is 1. The van der Waals surface area contributed by atoms with Crippen LogP contribution < -0.4 is 5.56 Å². The summed E-state index contributed by atoms with van der Waals surface area (Å²) in [5, 5.41) is 9.22. The molecule has 0 N–H and O–H groups in total. The number of fused-ring (bicyclic) bond motifs is 1. The molecule has 2 aromatic rings. The first-order valence-electron chi connectivity index (χ1n) is 4.79. The Morgan fingerprint density at radius 1 is 1.50 bits per heavy atom. The van der Waals surface area contributed by atoms with E-state index in [0.29, 0.717) is 10.9 Å². The topological polar surface area (TPSA) is 45.8 Å². The maximum atomic E-state index is 13.5. The smallest absolute Gasteiger partial charge is 0.255 e. The average molecular weight is 216 g/mol. The standard InChI is InChI=1S/C12H9FN2O/c1-15-11-8(3-2-4-10(11)13)7-9(5-6-14)12(15)16/h2-4,7H,5H2,1H3. The number of rotatable bonds is 1. The summed E-state index contributed by atoms with van der Waals surface area (Å²) in [5.41, 5.74) is 0.344. The summed E-state index contributed by atoms with van der Waals surface area (Å²) in [5.74, 6) is -0.430. The normalized spacial score (nSPS) is 10.3. The van der Waals surface area contributed by atoms with Crippen LogP contribution in [-0.4, -0.2) is 4.57 Å². The number of para-hydroxylation sites is 1. The van der Waals surface area contributed by atoms with E-state index in [1.807, 2.05) is 6.07 Å². The molecule has 0 bridgehead atoms. The maximum Gasteiger partial charge on any atom is 0.255 e. The van der Waals surface area contributed by atoms with Gasteiger partial charge in [0, 0.05) is 18.0 Å². The Morgan fingerprint density at radius 2 is 2.25 bits per heavy atom. The first kappa shape index (κ1) is 10.4. The molecule has 1 heterocycles. The summed E-state index contributed by atoms with van der Waals surface area (Å²) in [4.78, 5) is 11.8. The lowest BCUT2D eigenvalue weighted by Crippen LogP contribution is -2.21. The largest absolute Gasteiger partial charge is 0.308 e. The van der Waals surface area contributed by atoms with Gasteiger partial charge in [-0.3, -0.25) is 4.79 Å². The summed E-state index contributed by atoms with van der Waals surface area (Å²) in [7, 11) is 1.51. The van der Waals surface area contributed by atoms with Gasteiger partial charge in [0.2, 0.25) is 0 Å². The first-order chi connectivity index (χ1) is 7.65. The number of benzene rings is 1. The second-order valence-electron chi connectivity index (χ2n) is 3.55. The summed E-state index contributed by atoms with van der Waals surface area (Å²) in [6, 6.07) is 8.11. The van der Waals surface area contributed by atoms with Gasteiger partial charge in [0.1, 0.15) is 5.82 Å². The van der Waals surface area contributed by atoms with Crippen LogP contribution in [-0.2, 0) is 13.5 Å². The maximum absolute atomic E-state index is 13.5. The summed E-state index contributed by atoms with van der Waals surface area (Å²) in [6.45, 7) is 0. The fourth-order valence-electron chi connectivity index (χ4n) is 1.78. The molecule has 0 aliphatic carbocycles. The fourth-order valence-corrected chi connectivity index (χ4v) is 1.78. The quantitative estimate of drug-likeness (QED) is 0.728. The molecular weight excluding hydrogens is 207 g/mol. The number of nitriles is 1. The van der Waals surface area contributed by atoms with Crippen LogP contribution in [0.25, 0.3) is 10.9 Å². The van der Waals surface area contributed by atoms with Crippen molar-refractivity contribution < 1.29 is 4.39 Å². The SMILES string of the molecule is Cn1c(=O)c(CC#N)cc2cccc(F)c21. The molecule has 0 spiro atoms. The second kappa shape index (κ2) is 3.78. The number of aryl methyl sites for hydroxylation is 1. The van der Waals surface area contributed by atoms with Crippen LogP contribution in [0.1, 0.15) is 5.56 Å². The van der Waals surface area contributed by atoms with Crippen molar-refractivity contribution in [3.05, 3.63) is 46.0 Å². The molecule has 0 unspecified atom stereocenters. The molecule has 0 saturated carbocycles. The van der Waals surface area contributed by atoms with Crippen LogP contribution in [0.4, 0.5) is 4.39 Å². The van der Waals surface area contributed by atoms with Gasteiger partial charge in [0.05, 0.1) is 18.0 Å². The Bertz CT molecular complexity index is 652. The van der Waals surface area contributed by atoms with E-state index in [4.69, 9.17) is 5.26 Å². The van der Waals surface area contributed by atoms with E-state index in [1.165, 1.54) is 17.7 Å². The number of hydrogen-bond acceptors (Lipinski definition) is 2. The van der Waals surface area contributed by atoms with E-state index in [-0.39, 0.29) is 17.5 Å². The van der Waals surface area contributed by atoms with Gasteiger partial charge in [0.15, 0.2) is 0 Å². The molecule has 1 aromatic heterocycles. The van der Waals surface area contributed by atoms with Crippen molar-refractivity contribution in [3.8, 4) is 6.07 Å². The second-order valence-corrected chi connectivity index (χ2v) is 3.55. The molecular formula is C12H9FN2O. The van der Waals surface area contributed by atoms with Gasteiger partial charge in [-0.05, 0) is 12.1 Å². The van der Waals surface area contributed by atoms with E-state index < -0.39 is 5.82 Å².